The molecule has 0 saturated carbocycles. The Hall–Kier alpha value is -0.310. The van der Waals surface area contributed by atoms with E-state index in [4.69, 9.17) is 5.73 Å². The van der Waals surface area contributed by atoms with E-state index in [0.717, 1.165) is 18.5 Å². The van der Waals surface area contributed by atoms with Crippen LogP contribution in [-0.4, -0.2) is 4.98 Å². The Balaban J connectivity index is 0.000000845. The van der Waals surface area contributed by atoms with Crippen LogP contribution in [0.25, 0.3) is 0 Å². The standard InChI is InChI=1S/C10H14N2.2ClH/c1-7-5-8-3-2-4-9(11)10(8)12-6-7;;/h5-6,9H,2-4,11H2,1H3;2*1H. The van der Waals surface area contributed by atoms with E-state index in [0.29, 0.717) is 0 Å². The topological polar surface area (TPSA) is 38.9 Å². The second kappa shape index (κ2) is 5.54. The van der Waals surface area contributed by atoms with Crippen LogP contribution < -0.4 is 5.73 Å². The van der Waals surface area contributed by atoms with Crippen molar-refractivity contribution in [2.75, 3.05) is 0 Å². The molecule has 2 nitrogen and oxygen atoms in total. The highest BCUT2D eigenvalue weighted by Gasteiger charge is 2.17. The maximum atomic E-state index is 5.93. The summed E-state index contributed by atoms with van der Waals surface area (Å²) >= 11 is 0. The van der Waals surface area contributed by atoms with Crippen molar-refractivity contribution < 1.29 is 0 Å². The molecule has 1 atom stereocenters. The van der Waals surface area contributed by atoms with Gasteiger partial charge in [0.05, 0.1) is 5.69 Å². The molecule has 0 aromatic carbocycles. The number of aryl methyl sites for hydroxylation is 2. The van der Waals surface area contributed by atoms with Crippen LogP contribution in [0.1, 0.15) is 35.7 Å². The molecule has 1 aliphatic carbocycles. The Bertz CT molecular complexity index is 302. The summed E-state index contributed by atoms with van der Waals surface area (Å²) in [6, 6.07) is 2.38. The highest BCUT2D eigenvalue weighted by Crippen LogP contribution is 2.26. The number of halogens is 2. The average Bonchev–Trinajstić information content (AvgIpc) is 2.04. The van der Waals surface area contributed by atoms with Crippen LogP contribution in [0.4, 0.5) is 0 Å². The summed E-state index contributed by atoms with van der Waals surface area (Å²) in [5.74, 6) is 0. The third kappa shape index (κ3) is 2.59. The van der Waals surface area contributed by atoms with Crippen molar-refractivity contribution in [2.24, 2.45) is 5.73 Å². The molecule has 0 aliphatic heterocycles. The van der Waals surface area contributed by atoms with Gasteiger partial charge in [-0.2, -0.15) is 0 Å². The normalized spacial score (nSPS) is 18.9. The van der Waals surface area contributed by atoms with Gasteiger partial charge in [-0.25, -0.2) is 0 Å². The third-order valence-electron chi connectivity index (χ3n) is 2.45. The fourth-order valence-corrected chi connectivity index (χ4v) is 1.82. The molecule has 14 heavy (non-hydrogen) atoms. The zero-order valence-corrected chi connectivity index (χ0v) is 9.83. The number of pyridine rings is 1. The number of aromatic nitrogens is 1. The van der Waals surface area contributed by atoms with E-state index in [2.05, 4.69) is 18.0 Å². The average molecular weight is 235 g/mol. The maximum absolute atomic E-state index is 5.93. The van der Waals surface area contributed by atoms with E-state index in [1.54, 1.807) is 0 Å². The van der Waals surface area contributed by atoms with Crippen LogP contribution in [0.2, 0.25) is 0 Å². The molecule has 0 amide bonds. The minimum atomic E-state index is 0. The van der Waals surface area contributed by atoms with Gasteiger partial charge in [-0.15, -0.1) is 24.8 Å². The van der Waals surface area contributed by atoms with Gasteiger partial charge in [-0.05, 0) is 37.3 Å². The molecule has 0 saturated heterocycles. The van der Waals surface area contributed by atoms with Gasteiger partial charge < -0.3 is 5.73 Å². The summed E-state index contributed by atoms with van der Waals surface area (Å²) in [7, 11) is 0. The van der Waals surface area contributed by atoms with Gasteiger partial charge in [0, 0.05) is 12.2 Å². The lowest BCUT2D eigenvalue weighted by Gasteiger charge is -2.20. The molecule has 0 bridgehead atoms. The van der Waals surface area contributed by atoms with Crippen LogP contribution in [0, 0.1) is 6.92 Å². The molecule has 1 aromatic rings. The number of rotatable bonds is 0. The lowest BCUT2D eigenvalue weighted by molar-refractivity contribution is 0.553. The molecule has 0 spiro atoms. The van der Waals surface area contributed by atoms with Gasteiger partial charge in [0.1, 0.15) is 0 Å². The number of hydrogen-bond donors (Lipinski definition) is 1. The van der Waals surface area contributed by atoms with Gasteiger partial charge >= 0.3 is 0 Å². The van der Waals surface area contributed by atoms with Gasteiger partial charge in [-0.3, -0.25) is 4.98 Å². The molecule has 0 fully saturated rings. The lowest BCUT2D eigenvalue weighted by Crippen LogP contribution is -2.19. The van der Waals surface area contributed by atoms with Crippen LogP contribution in [0.5, 0.6) is 0 Å². The SMILES string of the molecule is Cc1cnc2c(c1)CCCC2N.Cl.Cl. The zero-order chi connectivity index (χ0) is 8.55. The van der Waals surface area contributed by atoms with Crippen molar-refractivity contribution in [1.82, 2.24) is 4.98 Å². The summed E-state index contributed by atoms with van der Waals surface area (Å²) in [5.41, 5.74) is 9.65. The molecule has 80 valence electrons. The first-order chi connectivity index (χ1) is 5.77. The minimum absolute atomic E-state index is 0. The first-order valence-corrected chi connectivity index (χ1v) is 4.48. The second-order valence-corrected chi connectivity index (χ2v) is 3.56. The van der Waals surface area contributed by atoms with Crippen molar-refractivity contribution in [3.05, 3.63) is 29.1 Å². The summed E-state index contributed by atoms with van der Waals surface area (Å²) in [6.07, 6.45) is 5.35. The van der Waals surface area contributed by atoms with Gasteiger partial charge in [0.25, 0.3) is 0 Å². The smallest absolute Gasteiger partial charge is 0.0603 e. The van der Waals surface area contributed by atoms with Crippen molar-refractivity contribution in [3.63, 3.8) is 0 Å². The lowest BCUT2D eigenvalue weighted by atomic mass is 9.92. The molecule has 1 heterocycles. The van der Waals surface area contributed by atoms with E-state index in [1.807, 2.05) is 6.20 Å². The largest absolute Gasteiger partial charge is 0.323 e. The monoisotopic (exact) mass is 234 g/mol. The Morgan fingerprint density at radius 1 is 1.43 bits per heavy atom. The highest BCUT2D eigenvalue weighted by atomic mass is 35.5. The molecule has 0 radical (unpaired) electrons. The fraction of sp³-hybridized carbons (Fsp3) is 0.500. The van der Waals surface area contributed by atoms with Crippen LogP contribution in [0.3, 0.4) is 0 Å². The third-order valence-corrected chi connectivity index (χ3v) is 2.45. The Kier molecular flexibility index (Phi) is 5.42. The van der Waals surface area contributed by atoms with E-state index in [9.17, 15) is 0 Å². The molecular weight excluding hydrogens is 219 g/mol. The Morgan fingerprint density at radius 2 is 2.14 bits per heavy atom. The molecular formula is C10H16Cl2N2. The predicted molar refractivity (Wildman–Crippen MR) is 63.3 cm³/mol. The zero-order valence-electron chi connectivity index (χ0n) is 8.19. The number of nitrogens with two attached hydrogens (primary N) is 1. The molecule has 1 aliphatic rings. The van der Waals surface area contributed by atoms with Gasteiger partial charge in [0.2, 0.25) is 0 Å². The molecule has 2 N–H and O–H groups in total. The van der Waals surface area contributed by atoms with E-state index >= 15 is 0 Å². The molecule has 1 aromatic heterocycles. The molecule has 1 unspecified atom stereocenters. The van der Waals surface area contributed by atoms with E-state index < -0.39 is 0 Å². The van der Waals surface area contributed by atoms with Crippen molar-refractivity contribution in [2.45, 2.75) is 32.2 Å². The van der Waals surface area contributed by atoms with E-state index in [-0.39, 0.29) is 30.9 Å². The van der Waals surface area contributed by atoms with Crippen LogP contribution in [-0.2, 0) is 6.42 Å². The summed E-state index contributed by atoms with van der Waals surface area (Å²) in [5, 5.41) is 0. The van der Waals surface area contributed by atoms with Gasteiger partial charge in [0.15, 0.2) is 0 Å². The highest BCUT2D eigenvalue weighted by molar-refractivity contribution is 5.85. The quantitative estimate of drug-likeness (QED) is 0.750. The minimum Gasteiger partial charge on any atom is -0.323 e. The van der Waals surface area contributed by atoms with Crippen molar-refractivity contribution in [1.29, 1.82) is 0 Å². The number of nitrogens with zero attached hydrogens (tertiary/aromatic N) is 1. The molecule has 4 heteroatoms. The van der Waals surface area contributed by atoms with Gasteiger partial charge in [-0.1, -0.05) is 6.07 Å². The van der Waals surface area contributed by atoms with Crippen molar-refractivity contribution >= 4 is 24.8 Å². The second-order valence-electron chi connectivity index (χ2n) is 3.56. The summed E-state index contributed by atoms with van der Waals surface area (Å²) < 4.78 is 0. The Labute approximate surface area is 97.1 Å². The Morgan fingerprint density at radius 3 is 2.86 bits per heavy atom. The first-order valence-electron chi connectivity index (χ1n) is 4.48. The maximum Gasteiger partial charge on any atom is 0.0603 e. The summed E-state index contributed by atoms with van der Waals surface area (Å²) in [6.45, 7) is 2.08. The predicted octanol–water partition coefficient (Wildman–Crippen LogP) is 2.57. The molecule has 2 rings (SSSR count). The van der Waals surface area contributed by atoms with E-state index in [1.165, 1.54) is 17.5 Å². The number of fused-ring (bicyclic) bond motifs is 1. The number of hydrogen-bond acceptors (Lipinski definition) is 2. The first kappa shape index (κ1) is 13.7. The van der Waals surface area contributed by atoms with Crippen molar-refractivity contribution in [3.8, 4) is 0 Å². The fourth-order valence-electron chi connectivity index (χ4n) is 1.82. The van der Waals surface area contributed by atoms with Crippen LogP contribution in [0.15, 0.2) is 12.3 Å². The summed E-state index contributed by atoms with van der Waals surface area (Å²) in [4.78, 5) is 4.37. The van der Waals surface area contributed by atoms with Crippen LogP contribution >= 0.6 is 24.8 Å².